The van der Waals surface area contributed by atoms with Crippen LogP contribution in [0.1, 0.15) is 47.1 Å². The fourth-order valence-corrected chi connectivity index (χ4v) is 3.18. The predicted molar refractivity (Wildman–Crippen MR) is 108 cm³/mol. The van der Waals surface area contributed by atoms with E-state index in [1.165, 1.54) is 4.90 Å². The maximum Gasteiger partial charge on any atom is 0.410 e. The van der Waals surface area contributed by atoms with Gasteiger partial charge >= 0.3 is 12.2 Å². The smallest absolute Gasteiger partial charge is 0.410 e. The Morgan fingerprint density at radius 1 is 0.931 bits per heavy atom. The summed E-state index contributed by atoms with van der Waals surface area (Å²) in [5.74, 6) is 1.09. The van der Waals surface area contributed by atoms with Gasteiger partial charge in [0.15, 0.2) is 0 Å². The van der Waals surface area contributed by atoms with Crippen molar-refractivity contribution in [2.45, 2.75) is 58.3 Å². The number of amides is 2. The van der Waals surface area contributed by atoms with Crippen LogP contribution in [0.5, 0.6) is 11.5 Å². The summed E-state index contributed by atoms with van der Waals surface area (Å²) in [6.45, 7) is 11.2. The Hall–Kier alpha value is -2.64. The Morgan fingerprint density at radius 3 is 1.83 bits per heavy atom. The molecule has 1 N–H and O–H groups in total. The van der Waals surface area contributed by atoms with Crippen LogP contribution in [0.15, 0.2) is 18.2 Å². The number of nitrogens with one attached hydrogen (secondary N) is 1. The lowest BCUT2D eigenvalue weighted by Gasteiger charge is -2.50. The molecule has 1 heterocycles. The molecule has 162 valence electrons. The predicted octanol–water partition coefficient (Wildman–Crippen LogP) is 3.67. The van der Waals surface area contributed by atoms with Crippen LogP contribution in [0.3, 0.4) is 0 Å². The zero-order valence-corrected chi connectivity index (χ0v) is 18.5. The molecular weight excluding hydrogens is 376 g/mol. The second-order valence-electron chi connectivity index (χ2n) is 9.08. The van der Waals surface area contributed by atoms with Crippen LogP contribution in [0, 0.1) is 0 Å². The second-order valence-corrected chi connectivity index (χ2v) is 9.08. The standard InChI is InChI=1S/C21H32N2O6/c1-19(2,3)28-17(24)22-21(12-23(13-21)18(25)29-20(4,5)6)16-14(26-7)10-9-11-15(16)27-8/h9-11H,12-13H2,1-8H3,(H,22,24). The summed E-state index contributed by atoms with van der Waals surface area (Å²) < 4.78 is 21.9. The van der Waals surface area contributed by atoms with Crippen molar-refractivity contribution in [3.05, 3.63) is 23.8 Å². The van der Waals surface area contributed by atoms with E-state index in [1.807, 2.05) is 0 Å². The summed E-state index contributed by atoms with van der Waals surface area (Å²) in [5.41, 5.74) is -1.56. The average Bonchev–Trinajstić information content (AvgIpc) is 2.53. The number of methoxy groups -OCH3 is 2. The second kappa shape index (κ2) is 8.00. The van der Waals surface area contributed by atoms with Crippen molar-refractivity contribution >= 4 is 12.2 Å². The number of nitrogens with zero attached hydrogens (tertiary/aromatic N) is 1. The highest BCUT2D eigenvalue weighted by atomic mass is 16.6. The molecule has 29 heavy (non-hydrogen) atoms. The Labute approximate surface area is 172 Å². The van der Waals surface area contributed by atoms with E-state index in [9.17, 15) is 9.59 Å². The van der Waals surface area contributed by atoms with E-state index < -0.39 is 28.9 Å². The van der Waals surface area contributed by atoms with Gasteiger partial charge in [-0.2, -0.15) is 0 Å². The van der Waals surface area contributed by atoms with Gasteiger partial charge in [-0.15, -0.1) is 0 Å². The molecule has 0 bridgehead atoms. The minimum atomic E-state index is -0.933. The molecule has 0 aromatic heterocycles. The lowest BCUT2D eigenvalue weighted by atomic mass is 9.81. The van der Waals surface area contributed by atoms with E-state index in [4.69, 9.17) is 18.9 Å². The number of benzene rings is 1. The van der Waals surface area contributed by atoms with Crippen LogP contribution >= 0.6 is 0 Å². The Bertz CT molecular complexity index is 735. The molecule has 8 nitrogen and oxygen atoms in total. The number of carbonyl (C=O) groups is 2. The largest absolute Gasteiger partial charge is 0.496 e. The van der Waals surface area contributed by atoms with Gasteiger partial charge in [-0.05, 0) is 53.7 Å². The third-order valence-corrected chi connectivity index (χ3v) is 4.22. The van der Waals surface area contributed by atoms with Gasteiger partial charge in [-0.1, -0.05) is 6.07 Å². The highest BCUT2D eigenvalue weighted by Crippen LogP contribution is 2.43. The van der Waals surface area contributed by atoms with E-state index in [-0.39, 0.29) is 13.1 Å². The highest BCUT2D eigenvalue weighted by Gasteiger charge is 2.52. The molecule has 1 aliphatic heterocycles. The molecule has 8 heteroatoms. The minimum absolute atomic E-state index is 0.192. The van der Waals surface area contributed by atoms with Gasteiger partial charge in [-0.3, -0.25) is 0 Å². The topological polar surface area (TPSA) is 86.3 Å². The fraction of sp³-hybridized carbons (Fsp3) is 0.619. The molecule has 0 radical (unpaired) electrons. The molecule has 0 spiro atoms. The van der Waals surface area contributed by atoms with E-state index in [1.54, 1.807) is 74.0 Å². The summed E-state index contributed by atoms with van der Waals surface area (Å²) in [4.78, 5) is 26.6. The van der Waals surface area contributed by atoms with Crippen LogP contribution in [-0.4, -0.2) is 55.6 Å². The molecule has 1 aromatic rings. The molecule has 1 fully saturated rings. The van der Waals surface area contributed by atoms with Crippen LogP contribution in [0.4, 0.5) is 9.59 Å². The first kappa shape index (κ1) is 22.6. The number of ether oxygens (including phenoxy) is 4. The number of hydrogen-bond acceptors (Lipinski definition) is 6. The Kier molecular flexibility index (Phi) is 6.25. The third kappa shape index (κ3) is 5.46. The van der Waals surface area contributed by atoms with Crippen molar-refractivity contribution in [3.8, 4) is 11.5 Å². The van der Waals surface area contributed by atoms with Gasteiger partial charge in [0, 0.05) is 0 Å². The van der Waals surface area contributed by atoms with Gasteiger partial charge in [0.25, 0.3) is 0 Å². The van der Waals surface area contributed by atoms with Gasteiger partial charge in [0.2, 0.25) is 0 Å². The summed E-state index contributed by atoms with van der Waals surface area (Å²) in [6, 6.07) is 5.37. The SMILES string of the molecule is COc1cccc(OC)c1C1(NC(=O)OC(C)(C)C)CN(C(=O)OC(C)(C)C)C1. The lowest BCUT2D eigenvalue weighted by molar-refractivity contribution is -0.0240. The van der Waals surface area contributed by atoms with E-state index >= 15 is 0 Å². The van der Waals surface area contributed by atoms with Crippen molar-refractivity contribution in [1.82, 2.24) is 10.2 Å². The quantitative estimate of drug-likeness (QED) is 0.818. The van der Waals surface area contributed by atoms with Crippen molar-refractivity contribution in [3.63, 3.8) is 0 Å². The van der Waals surface area contributed by atoms with E-state index in [2.05, 4.69) is 5.32 Å². The van der Waals surface area contributed by atoms with Crippen LogP contribution in [0.25, 0.3) is 0 Å². The van der Waals surface area contributed by atoms with Crippen molar-refractivity contribution < 1.29 is 28.5 Å². The van der Waals surface area contributed by atoms with Gasteiger partial charge in [0.1, 0.15) is 28.2 Å². The summed E-state index contributed by atoms with van der Waals surface area (Å²) >= 11 is 0. The zero-order chi connectivity index (χ0) is 22.0. The molecule has 0 aliphatic carbocycles. The number of rotatable bonds is 4. The van der Waals surface area contributed by atoms with Gasteiger partial charge in [-0.25, -0.2) is 9.59 Å². The molecule has 2 amide bonds. The zero-order valence-electron chi connectivity index (χ0n) is 18.5. The molecule has 1 aliphatic rings. The normalized spacial score (nSPS) is 15.8. The number of hydrogen-bond donors (Lipinski definition) is 1. The van der Waals surface area contributed by atoms with E-state index in [0.717, 1.165) is 0 Å². The average molecular weight is 408 g/mol. The van der Waals surface area contributed by atoms with Gasteiger partial charge in [0.05, 0.1) is 32.9 Å². The maximum atomic E-state index is 12.6. The Balaban J connectivity index is 2.37. The highest BCUT2D eigenvalue weighted by molar-refractivity contribution is 5.74. The first-order valence-electron chi connectivity index (χ1n) is 9.51. The van der Waals surface area contributed by atoms with Crippen molar-refractivity contribution in [2.24, 2.45) is 0 Å². The Morgan fingerprint density at radius 2 is 1.41 bits per heavy atom. The number of likely N-dealkylation sites (tertiary alicyclic amines) is 1. The molecule has 0 unspecified atom stereocenters. The molecule has 2 rings (SSSR count). The van der Waals surface area contributed by atoms with Crippen LogP contribution in [0.2, 0.25) is 0 Å². The lowest BCUT2D eigenvalue weighted by Crippen LogP contribution is -2.69. The van der Waals surface area contributed by atoms with Gasteiger partial charge < -0.3 is 29.2 Å². The van der Waals surface area contributed by atoms with Crippen LogP contribution in [-0.2, 0) is 15.0 Å². The molecule has 1 saturated heterocycles. The summed E-state index contributed by atoms with van der Waals surface area (Å²) in [7, 11) is 3.09. The summed E-state index contributed by atoms with van der Waals surface area (Å²) in [5, 5.41) is 2.93. The van der Waals surface area contributed by atoms with Crippen molar-refractivity contribution in [1.29, 1.82) is 0 Å². The minimum Gasteiger partial charge on any atom is -0.496 e. The number of carbonyl (C=O) groups excluding carboxylic acids is 2. The molecule has 0 atom stereocenters. The molecule has 1 aromatic carbocycles. The van der Waals surface area contributed by atoms with Crippen molar-refractivity contribution in [2.75, 3.05) is 27.3 Å². The van der Waals surface area contributed by atoms with Crippen LogP contribution < -0.4 is 14.8 Å². The monoisotopic (exact) mass is 408 g/mol. The van der Waals surface area contributed by atoms with E-state index in [0.29, 0.717) is 17.1 Å². The fourth-order valence-electron chi connectivity index (χ4n) is 3.18. The molecule has 0 saturated carbocycles. The summed E-state index contributed by atoms with van der Waals surface area (Å²) in [6.07, 6.45) is -1.04. The third-order valence-electron chi connectivity index (χ3n) is 4.22. The first-order valence-corrected chi connectivity index (χ1v) is 9.51. The number of alkyl carbamates (subject to hydrolysis) is 1. The molecular formula is C21H32N2O6. The first-order chi connectivity index (χ1) is 13.3. The maximum absolute atomic E-state index is 12.6.